The number of phenols is 1. The molecule has 33 heavy (non-hydrogen) atoms. The van der Waals surface area contributed by atoms with E-state index in [0.717, 1.165) is 50.6 Å². The number of likely N-dealkylation sites (tertiary alicyclic amines) is 1. The minimum atomic E-state index is -0.855. The lowest BCUT2D eigenvalue weighted by Gasteiger charge is -2.57. The number of carbonyl (C=O) groups is 1. The number of phenolic OH excluding ortho intramolecular Hbond substituents is 1. The highest BCUT2D eigenvalue weighted by molar-refractivity contribution is 5.76. The number of likely N-dealkylation sites (N-methyl/N-ethyl adjacent to an activating group) is 1. The molecule has 1 heterocycles. The van der Waals surface area contributed by atoms with Crippen molar-refractivity contribution in [3.63, 3.8) is 0 Å². The lowest BCUT2D eigenvalue weighted by molar-refractivity contribution is -0.131. The quantitative estimate of drug-likeness (QED) is 0.528. The number of nitrogens with zero attached hydrogens (tertiary/aromatic N) is 1. The first-order valence-corrected chi connectivity index (χ1v) is 12.4. The second-order valence-electron chi connectivity index (χ2n) is 10.2. The molecule has 1 amide bonds. The maximum Gasteiger partial charge on any atom is 0.220 e. The number of carbonyl (C=O) groups excluding carboxylic acids is 1. The third-order valence-corrected chi connectivity index (χ3v) is 7.82. The molecule has 1 saturated carbocycles. The van der Waals surface area contributed by atoms with Crippen LogP contribution >= 0.6 is 0 Å². The Labute approximate surface area is 197 Å². The molecule has 178 valence electrons. The summed E-state index contributed by atoms with van der Waals surface area (Å²) >= 11 is 0. The van der Waals surface area contributed by atoms with Crippen LogP contribution in [-0.2, 0) is 16.6 Å². The first-order valence-electron chi connectivity index (χ1n) is 12.4. The normalized spacial score (nSPS) is 27.6. The number of benzene rings is 2. The number of aryl methyl sites for hydroxylation is 1. The molecule has 1 saturated heterocycles. The van der Waals surface area contributed by atoms with Crippen molar-refractivity contribution in [1.82, 2.24) is 10.2 Å². The minimum absolute atomic E-state index is 0.0489. The van der Waals surface area contributed by atoms with Gasteiger partial charge in [0.1, 0.15) is 5.75 Å². The number of hydrogen-bond acceptors (Lipinski definition) is 4. The van der Waals surface area contributed by atoms with Crippen LogP contribution in [0.4, 0.5) is 0 Å². The predicted molar refractivity (Wildman–Crippen MR) is 131 cm³/mol. The average molecular weight is 451 g/mol. The summed E-state index contributed by atoms with van der Waals surface area (Å²) in [6.45, 7) is 1.50. The first-order chi connectivity index (χ1) is 15.9. The number of amides is 1. The Morgan fingerprint density at radius 1 is 1.09 bits per heavy atom. The van der Waals surface area contributed by atoms with Gasteiger partial charge in [-0.05, 0) is 81.8 Å². The lowest BCUT2D eigenvalue weighted by atomic mass is 9.55. The van der Waals surface area contributed by atoms with E-state index in [1.165, 1.54) is 5.56 Å². The summed E-state index contributed by atoms with van der Waals surface area (Å²) in [5.74, 6) is 0.342. The summed E-state index contributed by atoms with van der Waals surface area (Å²) in [5, 5.41) is 25.2. The first kappa shape index (κ1) is 23.8. The van der Waals surface area contributed by atoms with Crippen molar-refractivity contribution in [3.8, 4) is 5.75 Å². The van der Waals surface area contributed by atoms with Crippen LogP contribution in [0.1, 0.15) is 62.5 Å². The van der Waals surface area contributed by atoms with E-state index in [2.05, 4.69) is 41.5 Å². The summed E-state index contributed by atoms with van der Waals surface area (Å²) in [5.41, 5.74) is 1.03. The van der Waals surface area contributed by atoms with Gasteiger partial charge in [0.25, 0.3) is 0 Å². The zero-order valence-electron chi connectivity index (χ0n) is 19.8. The maximum atomic E-state index is 12.7. The molecule has 0 unspecified atom stereocenters. The highest BCUT2D eigenvalue weighted by atomic mass is 16.3. The molecule has 2 aromatic carbocycles. The molecule has 2 fully saturated rings. The van der Waals surface area contributed by atoms with Gasteiger partial charge in [-0.2, -0.15) is 0 Å². The SMILES string of the molecule is CN1CC[C@@]2(c3cccc(O)c3)C[C@@H](NC(=O)CCCCCc3ccccc3)CC[C@]2(O)C1. The molecule has 0 spiro atoms. The molecule has 2 aromatic rings. The van der Waals surface area contributed by atoms with E-state index in [4.69, 9.17) is 0 Å². The summed E-state index contributed by atoms with van der Waals surface area (Å²) < 4.78 is 0. The number of fused-ring (bicyclic) bond motifs is 1. The van der Waals surface area contributed by atoms with Gasteiger partial charge in [0, 0.05) is 24.4 Å². The van der Waals surface area contributed by atoms with Gasteiger partial charge in [0.2, 0.25) is 5.91 Å². The Morgan fingerprint density at radius 2 is 1.91 bits per heavy atom. The van der Waals surface area contributed by atoms with E-state index in [-0.39, 0.29) is 17.7 Å². The van der Waals surface area contributed by atoms with Crippen LogP contribution in [0.3, 0.4) is 0 Å². The number of hydrogen-bond donors (Lipinski definition) is 3. The lowest BCUT2D eigenvalue weighted by Crippen LogP contribution is -2.66. The third kappa shape index (κ3) is 5.42. The van der Waals surface area contributed by atoms with Crippen LogP contribution in [0.5, 0.6) is 5.75 Å². The molecule has 3 N–H and O–H groups in total. The zero-order chi connectivity index (χ0) is 23.3. The Morgan fingerprint density at radius 3 is 2.70 bits per heavy atom. The molecule has 0 aromatic heterocycles. The van der Waals surface area contributed by atoms with E-state index < -0.39 is 11.0 Å². The van der Waals surface area contributed by atoms with Gasteiger partial charge in [0.15, 0.2) is 0 Å². The number of β-amino-alcohol motifs (C(OH)–C–C–N with tert-alkyl or cyclic N) is 1. The topological polar surface area (TPSA) is 72.8 Å². The number of rotatable bonds is 8. The van der Waals surface area contributed by atoms with Crippen LogP contribution < -0.4 is 5.32 Å². The van der Waals surface area contributed by atoms with E-state index in [9.17, 15) is 15.0 Å². The predicted octanol–water partition coefficient (Wildman–Crippen LogP) is 4.17. The molecule has 0 bridgehead atoms. The molecule has 5 nitrogen and oxygen atoms in total. The van der Waals surface area contributed by atoms with Crippen molar-refractivity contribution in [2.24, 2.45) is 0 Å². The Hall–Kier alpha value is -2.37. The summed E-state index contributed by atoms with van der Waals surface area (Å²) in [7, 11) is 2.05. The molecular formula is C28H38N2O3. The maximum absolute atomic E-state index is 12.7. The van der Waals surface area contributed by atoms with E-state index in [1.807, 2.05) is 18.2 Å². The van der Waals surface area contributed by atoms with Crippen LogP contribution in [0, 0.1) is 0 Å². The minimum Gasteiger partial charge on any atom is -0.508 e. The van der Waals surface area contributed by atoms with Crippen molar-refractivity contribution in [2.45, 2.75) is 74.8 Å². The van der Waals surface area contributed by atoms with Crippen molar-refractivity contribution < 1.29 is 15.0 Å². The van der Waals surface area contributed by atoms with Crippen molar-refractivity contribution in [3.05, 3.63) is 65.7 Å². The number of nitrogens with one attached hydrogen (secondary N) is 1. The van der Waals surface area contributed by atoms with Crippen LogP contribution in [0.25, 0.3) is 0 Å². The Kier molecular flexibility index (Phi) is 7.40. The molecule has 1 aliphatic heterocycles. The van der Waals surface area contributed by atoms with Gasteiger partial charge in [-0.15, -0.1) is 0 Å². The zero-order valence-corrected chi connectivity index (χ0v) is 19.8. The van der Waals surface area contributed by atoms with Crippen molar-refractivity contribution in [1.29, 1.82) is 0 Å². The summed E-state index contributed by atoms with van der Waals surface area (Å²) in [6.07, 6.45) is 7.61. The molecular weight excluding hydrogens is 412 g/mol. The van der Waals surface area contributed by atoms with Crippen molar-refractivity contribution in [2.75, 3.05) is 20.1 Å². The van der Waals surface area contributed by atoms with Crippen LogP contribution in [0.2, 0.25) is 0 Å². The molecule has 1 aliphatic carbocycles. The fourth-order valence-electron chi connectivity index (χ4n) is 6.03. The molecule has 2 aliphatic rings. The smallest absolute Gasteiger partial charge is 0.220 e. The number of piperidine rings is 1. The Balaban J connectivity index is 1.34. The molecule has 5 heteroatoms. The average Bonchev–Trinajstić information content (AvgIpc) is 2.80. The highest BCUT2D eigenvalue weighted by Gasteiger charge is 2.57. The highest BCUT2D eigenvalue weighted by Crippen LogP contribution is 2.51. The molecule has 4 rings (SSSR count). The van der Waals surface area contributed by atoms with Crippen LogP contribution in [0.15, 0.2) is 54.6 Å². The Bertz CT molecular complexity index is 934. The van der Waals surface area contributed by atoms with Gasteiger partial charge in [-0.25, -0.2) is 0 Å². The summed E-state index contributed by atoms with van der Waals surface area (Å²) in [4.78, 5) is 14.9. The monoisotopic (exact) mass is 450 g/mol. The van der Waals surface area contributed by atoms with Gasteiger partial charge in [-0.3, -0.25) is 4.79 Å². The number of unbranched alkanes of at least 4 members (excludes halogenated alkanes) is 2. The van der Waals surface area contributed by atoms with E-state index in [1.54, 1.807) is 12.1 Å². The molecule has 0 radical (unpaired) electrons. The second-order valence-corrected chi connectivity index (χ2v) is 10.2. The van der Waals surface area contributed by atoms with Gasteiger partial charge in [-0.1, -0.05) is 48.9 Å². The standard InChI is InChI=1S/C28H38N2O3/c1-30-18-17-27(23-12-8-13-25(31)19-23)20-24(15-16-28(27,33)21-30)29-26(32)14-7-3-6-11-22-9-4-2-5-10-22/h2,4-5,8-10,12-13,19,24,31,33H,3,6-7,11,14-18,20-21H2,1H3,(H,29,32)/t24-,27-,28-/m0/s1. The van der Waals surface area contributed by atoms with Gasteiger partial charge >= 0.3 is 0 Å². The van der Waals surface area contributed by atoms with Crippen LogP contribution in [-0.4, -0.2) is 52.8 Å². The number of aromatic hydroxyl groups is 1. The van der Waals surface area contributed by atoms with E-state index >= 15 is 0 Å². The van der Waals surface area contributed by atoms with Gasteiger partial charge < -0.3 is 20.4 Å². The number of aliphatic hydroxyl groups is 1. The summed E-state index contributed by atoms with van der Waals surface area (Å²) in [6, 6.07) is 17.9. The third-order valence-electron chi connectivity index (χ3n) is 7.82. The molecule has 3 atom stereocenters. The fourth-order valence-corrected chi connectivity index (χ4v) is 6.03. The fraction of sp³-hybridized carbons (Fsp3) is 0.536. The largest absolute Gasteiger partial charge is 0.508 e. The van der Waals surface area contributed by atoms with Crippen molar-refractivity contribution >= 4 is 5.91 Å². The van der Waals surface area contributed by atoms with Gasteiger partial charge in [0.05, 0.1) is 5.60 Å². The second kappa shape index (κ2) is 10.3. The van der Waals surface area contributed by atoms with E-state index in [0.29, 0.717) is 25.8 Å².